The molecule has 1 aliphatic carbocycles. The molecule has 0 atom stereocenters. The van der Waals surface area contributed by atoms with Gasteiger partial charge in [-0.15, -0.1) is 0 Å². The van der Waals surface area contributed by atoms with Crippen LogP contribution < -0.4 is 5.73 Å². The van der Waals surface area contributed by atoms with Crippen LogP contribution in [0.25, 0.3) is 11.4 Å². The van der Waals surface area contributed by atoms with Crippen LogP contribution in [0.2, 0.25) is 0 Å². The molecule has 116 valence electrons. The first-order valence-electron chi connectivity index (χ1n) is 7.07. The van der Waals surface area contributed by atoms with Gasteiger partial charge in [-0.3, -0.25) is 4.98 Å². The van der Waals surface area contributed by atoms with Gasteiger partial charge in [-0.1, -0.05) is 0 Å². The monoisotopic (exact) mass is 308 g/mol. The van der Waals surface area contributed by atoms with Crippen molar-refractivity contribution in [1.82, 2.24) is 15.0 Å². The smallest absolute Gasteiger partial charge is 0.248 e. The summed E-state index contributed by atoms with van der Waals surface area (Å²) in [6, 6.07) is 2.74. The van der Waals surface area contributed by atoms with Gasteiger partial charge in [0.15, 0.2) is 5.82 Å². The van der Waals surface area contributed by atoms with Crippen LogP contribution >= 0.6 is 0 Å². The molecular weight excluding hydrogens is 293 g/mol. The minimum atomic E-state index is -2.62. The minimum Gasteiger partial charge on any atom is -0.395 e. The van der Waals surface area contributed by atoms with Gasteiger partial charge in [0.05, 0.1) is 11.4 Å². The number of alkyl halides is 2. The first-order chi connectivity index (χ1) is 10.5. The molecule has 4 nitrogen and oxygen atoms in total. The normalized spacial score (nSPS) is 18.3. The number of pyridine rings is 1. The molecule has 2 aromatic rings. The van der Waals surface area contributed by atoms with Gasteiger partial charge in [0.1, 0.15) is 17.7 Å². The van der Waals surface area contributed by atoms with Crippen LogP contribution in [0.1, 0.15) is 37.3 Å². The number of hydrogen-bond donors (Lipinski definition) is 1. The zero-order chi connectivity index (χ0) is 15.7. The molecule has 1 saturated carbocycles. The molecule has 2 aromatic heterocycles. The summed E-state index contributed by atoms with van der Waals surface area (Å²) >= 11 is 0. The Morgan fingerprint density at radius 1 is 1.09 bits per heavy atom. The fraction of sp³-hybridized carbons (Fsp3) is 0.400. The molecule has 7 heteroatoms. The Balaban J connectivity index is 1.95. The SMILES string of the molecule is Nc1c(-c2ncccc2F)ncnc1C1CCC(F)(F)CC1. The summed E-state index contributed by atoms with van der Waals surface area (Å²) in [4.78, 5) is 12.1. The first kappa shape index (κ1) is 14.7. The Kier molecular flexibility index (Phi) is 3.72. The largest absolute Gasteiger partial charge is 0.395 e. The van der Waals surface area contributed by atoms with Crippen LogP contribution in [-0.2, 0) is 0 Å². The number of halogens is 3. The quantitative estimate of drug-likeness (QED) is 0.921. The summed E-state index contributed by atoms with van der Waals surface area (Å²) in [5.41, 5.74) is 7.04. The second kappa shape index (κ2) is 5.55. The van der Waals surface area contributed by atoms with E-state index in [4.69, 9.17) is 5.73 Å². The third kappa shape index (κ3) is 2.75. The second-order valence-corrected chi connectivity index (χ2v) is 5.49. The third-order valence-electron chi connectivity index (χ3n) is 4.00. The summed E-state index contributed by atoms with van der Waals surface area (Å²) in [7, 11) is 0. The van der Waals surface area contributed by atoms with E-state index < -0.39 is 11.7 Å². The highest BCUT2D eigenvalue weighted by Crippen LogP contribution is 2.42. The van der Waals surface area contributed by atoms with Crippen LogP contribution in [0.15, 0.2) is 24.7 Å². The topological polar surface area (TPSA) is 64.7 Å². The molecule has 1 fully saturated rings. The molecule has 3 rings (SSSR count). The molecule has 0 amide bonds. The van der Waals surface area contributed by atoms with Gasteiger partial charge in [-0.2, -0.15) is 0 Å². The highest BCUT2D eigenvalue weighted by atomic mass is 19.3. The van der Waals surface area contributed by atoms with Crippen molar-refractivity contribution in [3.63, 3.8) is 0 Å². The maximum absolute atomic E-state index is 13.9. The molecule has 1 aliphatic rings. The Morgan fingerprint density at radius 3 is 2.50 bits per heavy atom. The average Bonchev–Trinajstić information content (AvgIpc) is 2.49. The van der Waals surface area contributed by atoms with E-state index >= 15 is 0 Å². The predicted molar refractivity (Wildman–Crippen MR) is 75.8 cm³/mol. The second-order valence-electron chi connectivity index (χ2n) is 5.49. The maximum Gasteiger partial charge on any atom is 0.248 e. The molecule has 0 aliphatic heterocycles. The summed E-state index contributed by atoms with van der Waals surface area (Å²) < 4.78 is 40.4. The maximum atomic E-state index is 13.9. The standard InChI is InChI=1S/C15H15F3N4/c16-10-2-1-7-20-13(10)14-11(19)12(21-8-22-14)9-3-5-15(17,18)6-4-9/h1-2,7-9H,3-6,19H2. The molecule has 0 aromatic carbocycles. The van der Waals surface area contributed by atoms with Crippen molar-refractivity contribution in [2.75, 3.05) is 5.73 Å². The van der Waals surface area contributed by atoms with Gasteiger partial charge >= 0.3 is 0 Å². The number of aromatic nitrogens is 3. The van der Waals surface area contributed by atoms with Gasteiger partial charge < -0.3 is 5.73 Å². The zero-order valence-corrected chi connectivity index (χ0v) is 11.8. The number of nitrogens with two attached hydrogens (primary N) is 1. The van der Waals surface area contributed by atoms with E-state index in [1.54, 1.807) is 0 Å². The Bertz CT molecular complexity index is 680. The van der Waals surface area contributed by atoms with Gasteiger partial charge in [0.2, 0.25) is 5.92 Å². The van der Waals surface area contributed by atoms with E-state index in [2.05, 4.69) is 15.0 Å². The van der Waals surface area contributed by atoms with Crippen molar-refractivity contribution in [2.24, 2.45) is 0 Å². The molecular formula is C15H15F3N4. The number of nitrogens with zero attached hydrogens (tertiary/aromatic N) is 3. The Hall–Kier alpha value is -2.18. The van der Waals surface area contributed by atoms with Crippen LogP contribution in [0.4, 0.5) is 18.9 Å². The van der Waals surface area contributed by atoms with Crippen LogP contribution in [-0.4, -0.2) is 20.9 Å². The first-order valence-corrected chi connectivity index (χ1v) is 7.07. The lowest BCUT2D eigenvalue weighted by Crippen LogP contribution is -2.24. The molecule has 0 spiro atoms. The molecule has 2 heterocycles. The van der Waals surface area contributed by atoms with Crippen LogP contribution in [0.5, 0.6) is 0 Å². The van der Waals surface area contributed by atoms with E-state index in [1.807, 2.05) is 0 Å². The van der Waals surface area contributed by atoms with Gasteiger partial charge in [0, 0.05) is 25.0 Å². The van der Waals surface area contributed by atoms with Gasteiger partial charge in [-0.25, -0.2) is 23.1 Å². The molecule has 0 saturated heterocycles. The van der Waals surface area contributed by atoms with E-state index in [9.17, 15) is 13.2 Å². The summed E-state index contributed by atoms with van der Waals surface area (Å²) in [5.74, 6) is -3.31. The van der Waals surface area contributed by atoms with E-state index in [1.165, 1.54) is 24.7 Å². The minimum absolute atomic E-state index is 0.0461. The highest BCUT2D eigenvalue weighted by Gasteiger charge is 2.36. The van der Waals surface area contributed by atoms with E-state index in [0.29, 0.717) is 18.5 Å². The number of hydrogen-bond acceptors (Lipinski definition) is 4. The van der Waals surface area contributed by atoms with Crippen molar-refractivity contribution in [2.45, 2.75) is 37.5 Å². The van der Waals surface area contributed by atoms with E-state index in [0.717, 1.165) is 0 Å². The molecule has 2 N–H and O–H groups in total. The van der Waals surface area contributed by atoms with Crippen LogP contribution in [0, 0.1) is 5.82 Å². The summed E-state index contributed by atoms with van der Waals surface area (Å²) in [5, 5.41) is 0. The zero-order valence-electron chi connectivity index (χ0n) is 11.8. The molecule has 0 unspecified atom stereocenters. The van der Waals surface area contributed by atoms with E-state index in [-0.39, 0.29) is 35.8 Å². The predicted octanol–water partition coefficient (Wildman–Crippen LogP) is 3.55. The lowest BCUT2D eigenvalue weighted by molar-refractivity contribution is -0.0384. The lowest BCUT2D eigenvalue weighted by atomic mass is 9.84. The fourth-order valence-electron chi connectivity index (χ4n) is 2.80. The van der Waals surface area contributed by atoms with Gasteiger partial charge in [-0.05, 0) is 25.0 Å². The third-order valence-corrected chi connectivity index (χ3v) is 4.00. The summed E-state index contributed by atoms with van der Waals surface area (Å²) in [6.45, 7) is 0. The van der Waals surface area contributed by atoms with Crippen molar-refractivity contribution >= 4 is 5.69 Å². The highest BCUT2D eigenvalue weighted by molar-refractivity contribution is 5.71. The molecule has 0 radical (unpaired) electrons. The summed E-state index contributed by atoms with van der Waals surface area (Å²) in [6.07, 6.45) is 2.96. The molecule has 22 heavy (non-hydrogen) atoms. The number of rotatable bonds is 2. The van der Waals surface area contributed by atoms with Crippen LogP contribution in [0.3, 0.4) is 0 Å². The van der Waals surface area contributed by atoms with Crippen molar-refractivity contribution in [1.29, 1.82) is 0 Å². The average molecular weight is 308 g/mol. The molecule has 0 bridgehead atoms. The Morgan fingerprint density at radius 2 is 1.82 bits per heavy atom. The Labute approximate surface area is 125 Å². The number of anilines is 1. The van der Waals surface area contributed by atoms with Crippen molar-refractivity contribution in [3.05, 3.63) is 36.2 Å². The lowest BCUT2D eigenvalue weighted by Gasteiger charge is -2.28. The van der Waals surface area contributed by atoms with Gasteiger partial charge in [0.25, 0.3) is 0 Å². The van der Waals surface area contributed by atoms with Crippen molar-refractivity contribution in [3.8, 4) is 11.4 Å². The number of nitrogen functional groups attached to an aromatic ring is 1. The van der Waals surface area contributed by atoms with Crippen molar-refractivity contribution < 1.29 is 13.2 Å². The fourth-order valence-corrected chi connectivity index (χ4v) is 2.80.